The average Bonchev–Trinajstić information content (AvgIpc) is 2.64. The molecule has 0 atom stereocenters. The maximum absolute atomic E-state index is 12.7. The van der Waals surface area contributed by atoms with Crippen molar-refractivity contribution in [1.29, 1.82) is 0 Å². The molecule has 1 N–H and O–H groups in total. The molecule has 6 nitrogen and oxygen atoms in total. The van der Waals surface area contributed by atoms with Crippen LogP contribution in [0.1, 0.15) is 27.0 Å². The molecule has 27 heavy (non-hydrogen) atoms. The van der Waals surface area contributed by atoms with Gasteiger partial charge in [-0.2, -0.15) is 0 Å². The fourth-order valence-electron chi connectivity index (χ4n) is 2.60. The number of carbonyl (C=O) groups excluding carboxylic acids is 1. The Morgan fingerprint density at radius 1 is 1.11 bits per heavy atom. The summed E-state index contributed by atoms with van der Waals surface area (Å²) in [5, 5.41) is 0. The second kappa shape index (κ2) is 8.54. The van der Waals surface area contributed by atoms with E-state index in [4.69, 9.17) is 4.74 Å². The topological polar surface area (TPSA) is 75.7 Å². The number of hydrogen-bond acceptors (Lipinski definition) is 4. The molecule has 2 aromatic rings. The molecule has 0 spiro atoms. The Morgan fingerprint density at radius 2 is 1.74 bits per heavy atom. The highest BCUT2D eigenvalue weighted by atomic mass is 32.2. The molecule has 1 amide bonds. The minimum absolute atomic E-state index is 0.123. The Bertz CT molecular complexity index is 922. The predicted molar refractivity (Wildman–Crippen MR) is 106 cm³/mol. The lowest BCUT2D eigenvalue weighted by Gasteiger charge is -2.19. The van der Waals surface area contributed by atoms with Gasteiger partial charge in [0.2, 0.25) is 10.0 Å². The summed E-state index contributed by atoms with van der Waals surface area (Å²) < 4.78 is 32.4. The van der Waals surface area contributed by atoms with Crippen LogP contribution >= 0.6 is 0 Å². The van der Waals surface area contributed by atoms with E-state index in [0.717, 1.165) is 16.9 Å². The molecule has 2 aromatic carbocycles. The highest BCUT2D eigenvalue weighted by Gasteiger charge is 2.21. The standard InChI is InChI=1S/C20H26N2O4S/c1-14-6-8-18(9-7-14)26-11-10-22(5)20(23)17-12-15(2)16(3)19(13-17)27(24,25)21-4/h6-9,12-13,21H,10-11H2,1-5H3. The van der Waals surface area contributed by atoms with E-state index in [2.05, 4.69) is 4.72 Å². The summed E-state index contributed by atoms with van der Waals surface area (Å²) in [7, 11) is -0.612. The molecule has 0 aliphatic rings. The summed E-state index contributed by atoms with van der Waals surface area (Å²) in [5.74, 6) is 0.494. The molecule has 0 unspecified atom stereocenters. The number of nitrogens with zero attached hydrogens (tertiary/aromatic N) is 1. The SMILES string of the molecule is CNS(=O)(=O)c1cc(C(=O)N(C)CCOc2ccc(C)cc2)cc(C)c1C. The van der Waals surface area contributed by atoms with Crippen molar-refractivity contribution in [2.24, 2.45) is 0 Å². The fraction of sp³-hybridized carbons (Fsp3) is 0.350. The maximum Gasteiger partial charge on any atom is 0.253 e. The van der Waals surface area contributed by atoms with Crippen LogP contribution in [0.3, 0.4) is 0 Å². The Kier molecular flexibility index (Phi) is 6.62. The molecule has 0 fully saturated rings. The smallest absolute Gasteiger partial charge is 0.253 e. The van der Waals surface area contributed by atoms with Gasteiger partial charge in [-0.05, 0) is 63.2 Å². The normalized spacial score (nSPS) is 11.3. The van der Waals surface area contributed by atoms with Crippen molar-refractivity contribution < 1.29 is 17.9 Å². The van der Waals surface area contributed by atoms with E-state index < -0.39 is 10.0 Å². The molecular weight excluding hydrogens is 364 g/mol. The van der Waals surface area contributed by atoms with E-state index in [9.17, 15) is 13.2 Å². The highest BCUT2D eigenvalue weighted by molar-refractivity contribution is 7.89. The Hall–Kier alpha value is -2.38. The van der Waals surface area contributed by atoms with Crippen molar-refractivity contribution in [2.75, 3.05) is 27.2 Å². The third kappa shape index (κ3) is 5.08. The van der Waals surface area contributed by atoms with Gasteiger partial charge in [0.15, 0.2) is 0 Å². The van der Waals surface area contributed by atoms with E-state index in [0.29, 0.717) is 24.3 Å². The zero-order valence-corrected chi connectivity index (χ0v) is 17.2. The largest absolute Gasteiger partial charge is 0.492 e. The molecule has 0 aromatic heterocycles. The Balaban J connectivity index is 2.11. The van der Waals surface area contributed by atoms with Crippen LogP contribution in [0.5, 0.6) is 5.75 Å². The van der Waals surface area contributed by atoms with Gasteiger partial charge in [-0.1, -0.05) is 17.7 Å². The molecule has 0 bridgehead atoms. The second-order valence-electron chi connectivity index (χ2n) is 6.51. The minimum Gasteiger partial charge on any atom is -0.492 e. The first-order chi connectivity index (χ1) is 12.7. The monoisotopic (exact) mass is 390 g/mol. The summed E-state index contributed by atoms with van der Waals surface area (Å²) in [4.78, 5) is 14.4. The quantitative estimate of drug-likeness (QED) is 0.789. The third-order valence-electron chi connectivity index (χ3n) is 4.49. The lowest BCUT2D eigenvalue weighted by molar-refractivity contribution is 0.0773. The Labute approximate surface area is 161 Å². The zero-order valence-electron chi connectivity index (χ0n) is 16.4. The van der Waals surface area contributed by atoms with Crippen molar-refractivity contribution in [3.8, 4) is 5.75 Å². The molecule has 7 heteroatoms. The Morgan fingerprint density at radius 3 is 2.33 bits per heavy atom. The van der Waals surface area contributed by atoms with Crippen LogP contribution in [-0.2, 0) is 10.0 Å². The zero-order chi connectivity index (χ0) is 20.2. The number of hydrogen-bond donors (Lipinski definition) is 1. The highest BCUT2D eigenvalue weighted by Crippen LogP contribution is 2.22. The van der Waals surface area contributed by atoms with E-state index >= 15 is 0 Å². The molecule has 0 saturated heterocycles. The van der Waals surface area contributed by atoms with Gasteiger partial charge in [0.1, 0.15) is 12.4 Å². The molecule has 0 aliphatic heterocycles. The lowest BCUT2D eigenvalue weighted by Crippen LogP contribution is -2.31. The number of ether oxygens (including phenoxy) is 1. The van der Waals surface area contributed by atoms with E-state index in [1.807, 2.05) is 31.2 Å². The van der Waals surface area contributed by atoms with Crippen LogP contribution in [0.25, 0.3) is 0 Å². The summed E-state index contributed by atoms with van der Waals surface area (Å²) in [6.07, 6.45) is 0. The molecule has 0 radical (unpaired) electrons. The molecule has 0 heterocycles. The number of rotatable bonds is 7. The average molecular weight is 391 g/mol. The number of benzene rings is 2. The van der Waals surface area contributed by atoms with Crippen LogP contribution < -0.4 is 9.46 Å². The third-order valence-corrected chi connectivity index (χ3v) is 6.03. The van der Waals surface area contributed by atoms with E-state index in [-0.39, 0.29) is 10.8 Å². The molecule has 146 valence electrons. The fourth-order valence-corrected chi connectivity index (χ4v) is 3.66. The number of amides is 1. The number of aryl methyl sites for hydroxylation is 2. The summed E-state index contributed by atoms with van der Waals surface area (Å²) in [6, 6.07) is 10.8. The second-order valence-corrected chi connectivity index (χ2v) is 8.37. The van der Waals surface area contributed by atoms with Gasteiger partial charge >= 0.3 is 0 Å². The van der Waals surface area contributed by atoms with Gasteiger partial charge < -0.3 is 9.64 Å². The van der Waals surface area contributed by atoms with E-state index in [1.54, 1.807) is 27.0 Å². The minimum atomic E-state index is -3.64. The van der Waals surface area contributed by atoms with Crippen molar-refractivity contribution in [2.45, 2.75) is 25.7 Å². The van der Waals surface area contributed by atoms with Crippen molar-refractivity contribution in [3.05, 3.63) is 58.7 Å². The molecular formula is C20H26N2O4S. The first-order valence-electron chi connectivity index (χ1n) is 8.65. The van der Waals surface area contributed by atoms with Gasteiger partial charge in [-0.15, -0.1) is 0 Å². The van der Waals surface area contributed by atoms with Gasteiger partial charge in [0.25, 0.3) is 5.91 Å². The van der Waals surface area contributed by atoms with Crippen molar-refractivity contribution in [3.63, 3.8) is 0 Å². The van der Waals surface area contributed by atoms with Gasteiger partial charge in [-0.3, -0.25) is 4.79 Å². The molecule has 0 saturated carbocycles. The molecule has 2 rings (SSSR count). The van der Waals surface area contributed by atoms with Crippen molar-refractivity contribution in [1.82, 2.24) is 9.62 Å². The number of nitrogens with one attached hydrogen (secondary N) is 1. The first kappa shape index (κ1) is 20.9. The predicted octanol–water partition coefficient (Wildman–Crippen LogP) is 2.67. The number of carbonyl (C=O) groups is 1. The summed E-state index contributed by atoms with van der Waals surface area (Å²) in [5.41, 5.74) is 2.87. The van der Waals surface area contributed by atoms with E-state index in [1.165, 1.54) is 18.0 Å². The van der Waals surface area contributed by atoms with Gasteiger partial charge in [0, 0.05) is 12.6 Å². The van der Waals surface area contributed by atoms with Crippen LogP contribution in [-0.4, -0.2) is 46.5 Å². The number of sulfonamides is 1. The van der Waals surface area contributed by atoms with Crippen LogP contribution in [0.4, 0.5) is 0 Å². The number of likely N-dealkylation sites (N-methyl/N-ethyl adjacent to an activating group) is 1. The first-order valence-corrected chi connectivity index (χ1v) is 10.1. The van der Waals surface area contributed by atoms with Crippen molar-refractivity contribution >= 4 is 15.9 Å². The molecule has 0 aliphatic carbocycles. The summed E-state index contributed by atoms with van der Waals surface area (Å²) in [6.45, 7) is 6.25. The van der Waals surface area contributed by atoms with Gasteiger partial charge in [0.05, 0.1) is 11.4 Å². The van der Waals surface area contributed by atoms with Crippen LogP contribution in [0, 0.1) is 20.8 Å². The lowest BCUT2D eigenvalue weighted by atomic mass is 10.1. The van der Waals surface area contributed by atoms with Crippen LogP contribution in [0.2, 0.25) is 0 Å². The maximum atomic E-state index is 12.7. The van der Waals surface area contributed by atoms with Crippen LogP contribution in [0.15, 0.2) is 41.3 Å². The van der Waals surface area contributed by atoms with Gasteiger partial charge in [-0.25, -0.2) is 13.1 Å². The summed E-state index contributed by atoms with van der Waals surface area (Å²) >= 11 is 0.